The van der Waals surface area contributed by atoms with E-state index in [0.717, 1.165) is 0 Å². The molecule has 3 heterocycles. The number of carbonyl (C=O) groups is 2. The van der Waals surface area contributed by atoms with Crippen LogP contribution in [0.3, 0.4) is 0 Å². The van der Waals surface area contributed by atoms with Gasteiger partial charge >= 0.3 is 0 Å². The van der Waals surface area contributed by atoms with Crippen LogP contribution in [0.5, 0.6) is 0 Å². The molecule has 2 amide bonds. The van der Waals surface area contributed by atoms with Gasteiger partial charge in [0.2, 0.25) is 11.8 Å². The Kier molecular flexibility index (Phi) is 2.04. The van der Waals surface area contributed by atoms with Crippen molar-refractivity contribution in [3.63, 3.8) is 0 Å². The maximum Gasteiger partial charge on any atom is 0.232 e. The monoisotopic (exact) mass is 232 g/mol. The van der Waals surface area contributed by atoms with Gasteiger partial charge in [-0.2, -0.15) is 0 Å². The lowest BCUT2D eigenvalue weighted by atomic mass is 10.00. The minimum atomic E-state index is -0.260. The predicted octanol–water partition coefficient (Wildman–Crippen LogP) is -0.627. The fourth-order valence-electron chi connectivity index (χ4n) is 2.49. The summed E-state index contributed by atoms with van der Waals surface area (Å²) < 4.78 is 0. The Morgan fingerprint density at radius 1 is 1.29 bits per heavy atom. The highest BCUT2D eigenvalue weighted by Gasteiger charge is 2.48. The molecule has 2 aliphatic rings. The molecule has 17 heavy (non-hydrogen) atoms. The molecule has 2 atom stereocenters. The van der Waals surface area contributed by atoms with E-state index < -0.39 is 0 Å². The van der Waals surface area contributed by atoms with Gasteiger partial charge in [-0.25, -0.2) is 4.98 Å². The summed E-state index contributed by atoms with van der Waals surface area (Å²) in [7, 11) is 0. The number of hydrogen-bond donors (Lipinski definition) is 2. The molecule has 2 saturated heterocycles. The number of carbonyl (C=O) groups excluding carboxylic acids is 2. The molecule has 6 nitrogen and oxygen atoms in total. The van der Waals surface area contributed by atoms with E-state index in [1.54, 1.807) is 18.3 Å². The number of hydrogen-bond acceptors (Lipinski definition) is 5. The van der Waals surface area contributed by atoms with Crippen molar-refractivity contribution in [2.45, 2.75) is 0 Å². The number of imide groups is 1. The van der Waals surface area contributed by atoms with Gasteiger partial charge in [-0.3, -0.25) is 14.9 Å². The normalized spacial score (nSPS) is 27.2. The number of pyridine rings is 1. The molecule has 0 unspecified atom stereocenters. The second-order valence-corrected chi connectivity index (χ2v) is 4.39. The van der Waals surface area contributed by atoms with Crippen molar-refractivity contribution in [1.82, 2.24) is 10.3 Å². The first-order valence-corrected chi connectivity index (χ1v) is 5.47. The Labute approximate surface area is 97.8 Å². The average molecular weight is 232 g/mol. The molecule has 3 N–H and O–H groups in total. The number of nitrogens with one attached hydrogen (secondary N) is 1. The summed E-state index contributed by atoms with van der Waals surface area (Å²) in [6.45, 7) is 1.01. The molecule has 2 fully saturated rings. The predicted molar refractivity (Wildman–Crippen MR) is 61.0 cm³/mol. The molecule has 0 saturated carbocycles. The van der Waals surface area contributed by atoms with Crippen LogP contribution in [0.15, 0.2) is 18.3 Å². The van der Waals surface area contributed by atoms with Crippen molar-refractivity contribution in [3.05, 3.63) is 18.3 Å². The van der Waals surface area contributed by atoms with Crippen molar-refractivity contribution >= 4 is 23.3 Å². The van der Waals surface area contributed by atoms with Gasteiger partial charge in [0.1, 0.15) is 0 Å². The first kappa shape index (κ1) is 10.1. The summed E-state index contributed by atoms with van der Waals surface area (Å²) in [5.41, 5.74) is 6.40. The van der Waals surface area contributed by atoms with Crippen LogP contribution < -0.4 is 16.0 Å². The van der Waals surface area contributed by atoms with E-state index in [-0.39, 0.29) is 23.7 Å². The maximum atomic E-state index is 11.5. The molecular weight excluding hydrogens is 220 g/mol. The van der Waals surface area contributed by atoms with Crippen LogP contribution in [0.2, 0.25) is 0 Å². The van der Waals surface area contributed by atoms with Crippen LogP contribution >= 0.6 is 0 Å². The fraction of sp³-hybridized carbons (Fsp3) is 0.364. The summed E-state index contributed by atoms with van der Waals surface area (Å²) in [6, 6.07) is 3.52. The smallest absolute Gasteiger partial charge is 0.232 e. The topological polar surface area (TPSA) is 88.3 Å². The zero-order valence-electron chi connectivity index (χ0n) is 9.09. The minimum absolute atomic E-state index is 0.183. The van der Waals surface area contributed by atoms with Gasteiger partial charge in [0, 0.05) is 19.3 Å². The molecule has 6 heteroatoms. The van der Waals surface area contributed by atoms with Gasteiger partial charge in [-0.15, -0.1) is 0 Å². The molecule has 2 aliphatic heterocycles. The first-order chi connectivity index (χ1) is 8.16. The lowest BCUT2D eigenvalue weighted by Crippen LogP contribution is -2.32. The Hall–Kier alpha value is -2.11. The molecule has 1 aromatic rings. The van der Waals surface area contributed by atoms with Crippen LogP contribution in [-0.4, -0.2) is 29.9 Å². The largest absolute Gasteiger partial charge is 0.396 e. The van der Waals surface area contributed by atoms with E-state index in [9.17, 15) is 9.59 Å². The number of nitrogens with two attached hydrogens (primary N) is 1. The van der Waals surface area contributed by atoms with E-state index in [0.29, 0.717) is 24.6 Å². The van der Waals surface area contributed by atoms with Gasteiger partial charge in [0.15, 0.2) is 5.82 Å². The zero-order chi connectivity index (χ0) is 12.0. The van der Waals surface area contributed by atoms with E-state index in [4.69, 9.17) is 5.73 Å². The molecule has 0 bridgehead atoms. The van der Waals surface area contributed by atoms with Crippen LogP contribution in [-0.2, 0) is 9.59 Å². The first-order valence-electron chi connectivity index (χ1n) is 5.47. The third-order valence-corrected chi connectivity index (χ3v) is 3.36. The van der Waals surface area contributed by atoms with Gasteiger partial charge in [-0.1, -0.05) is 0 Å². The highest BCUT2D eigenvalue weighted by atomic mass is 16.2. The zero-order valence-corrected chi connectivity index (χ0v) is 9.09. The number of anilines is 2. The van der Waals surface area contributed by atoms with Crippen molar-refractivity contribution in [1.29, 1.82) is 0 Å². The molecule has 1 aromatic heterocycles. The highest BCUT2D eigenvalue weighted by Crippen LogP contribution is 2.32. The van der Waals surface area contributed by atoms with E-state index in [2.05, 4.69) is 10.3 Å². The Morgan fingerprint density at radius 3 is 2.53 bits per heavy atom. The molecular formula is C11H12N4O2. The van der Waals surface area contributed by atoms with Gasteiger partial charge in [-0.05, 0) is 12.1 Å². The third-order valence-electron chi connectivity index (χ3n) is 3.36. The lowest BCUT2D eigenvalue weighted by Gasteiger charge is -2.19. The van der Waals surface area contributed by atoms with Crippen LogP contribution in [0.25, 0.3) is 0 Å². The number of nitrogens with zero attached hydrogens (tertiary/aromatic N) is 2. The third kappa shape index (κ3) is 1.44. The summed E-state index contributed by atoms with van der Waals surface area (Å²) in [5.74, 6) is -0.232. The van der Waals surface area contributed by atoms with Crippen molar-refractivity contribution < 1.29 is 9.59 Å². The van der Waals surface area contributed by atoms with Gasteiger partial charge in [0.05, 0.1) is 17.5 Å². The SMILES string of the molecule is Nc1cccnc1N1C[C@@H]2C(=O)NC(=O)[C@@H]2C1. The molecule has 0 aliphatic carbocycles. The van der Waals surface area contributed by atoms with Crippen molar-refractivity contribution in [2.24, 2.45) is 11.8 Å². The summed E-state index contributed by atoms with van der Waals surface area (Å²) in [6.07, 6.45) is 1.65. The molecule has 3 rings (SSSR count). The number of rotatable bonds is 1. The number of amides is 2. The number of aromatic nitrogens is 1. The summed E-state index contributed by atoms with van der Waals surface area (Å²) >= 11 is 0. The average Bonchev–Trinajstić information content (AvgIpc) is 2.83. The molecule has 0 radical (unpaired) electrons. The molecule has 0 aromatic carbocycles. The van der Waals surface area contributed by atoms with E-state index >= 15 is 0 Å². The summed E-state index contributed by atoms with van der Waals surface area (Å²) in [5, 5.41) is 2.35. The maximum absolute atomic E-state index is 11.5. The van der Waals surface area contributed by atoms with Crippen molar-refractivity contribution in [2.75, 3.05) is 23.7 Å². The quantitative estimate of drug-likeness (QED) is 0.629. The number of fused-ring (bicyclic) bond motifs is 1. The van der Waals surface area contributed by atoms with Crippen LogP contribution in [0, 0.1) is 11.8 Å². The Balaban J connectivity index is 1.88. The van der Waals surface area contributed by atoms with E-state index in [1.807, 2.05) is 4.90 Å². The minimum Gasteiger partial charge on any atom is -0.396 e. The second-order valence-electron chi connectivity index (χ2n) is 4.39. The van der Waals surface area contributed by atoms with Gasteiger partial charge in [0.25, 0.3) is 0 Å². The van der Waals surface area contributed by atoms with Crippen molar-refractivity contribution in [3.8, 4) is 0 Å². The number of nitrogen functional groups attached to an aromatic ring is 1. The summed E-state index contributed by atoms with van der Waals surface area (Å²) in [4.78, 5) is 29.1. The second kappa shape index (κ2) is 3.44. The van der Waals surface area contributed by atoms with Crippen LogP contribution in [0.4, 0.5) is 11.5 Å². The van der Waals surface area contributed by atoms with E-state index in [1.165, 1.54) is 0 Å². The Morgan fingerprint density at radius 2 is 1.94 bits per heavy atom. The lowest BCUT2D eigenvalue weighted by molar-refractivity contribution is -0.126. The molecule has 0 spiro atoms. The molecule has 88 valence electrons. The fourth-order valence-corrected chi connectivity index (χ4v) is 2.49. The van der Waals surface area contributed by atoms with Gasteiger partial charge < -0.3 is 10.6 Å². The Bertz CT molecular complexity index is 480. The van der Waals surface area contributed by atoms with Crippen LogP contribution in [0.1, 0.15) is 0 Å². The highest BCUT2D eigenvalue weighted by molar-refractivity contribution is 6.06. The standard InChI is InChI=1S/C11H12N4O2/c12-8-2-1-3-13-9(8)15-4-6-7(5-15)11(17)14-10(6)16/h1-3,6-7H,4-5,12H2,(H,14,16,17)/t6-,7+.